The second-order valence-corrected chi connectivity index (χ2v) is 5.25. The first-order valence-electron chi connectivity index (χ1n) is 6.31. The molecule has 0 atom stereocenters. The molecule has 1 amide bonds. The molecular weight excluding hydrogens is 258 g/mol. The molecule has 0 unspecified atom stereocenters. The van der Waals surface area contributed by atoms with E-state index < -0.39 is 0 Å². The van der Waals surface area contributed by atoms with Crippen LogP contribution >= 0.6 is 11.3 Å². The van der Waals surface area contributed by atoms with Gasteiger partial charge in [-0.1, -0.05) is 12.1 Å². The SMILES string of the molecule is O=C(NCc1cscn1)c1cccc2c1CCNC2. The lowest BCUT2D eigenvalue weighted by Gasteiger charge is -2.19. The van der Waals surface area contributed by atoms with E-state index in [-0.39, 0.29) is 5.91 Å². The van der Waals surface area contributed by atoms with Crippen molar-refractivity contribution in [1.82, 2.24) is 15.6 Å². The fraction of sp³-hybridized carbons (Fsp3) is 0.286. The Labute approximate surface area is 115 Å². The molecule has 0 saturated carbocycles. The Balaban J connectivity index is 1.76. The third kappa shape index (κ3) is 2.67. The topological polar surface area (TPSA) is 54.0 Å². The highest BCUT2D eigenvalue weighted by Gasteiger charge is 2.16. The summed E-state index contributed by atoms with van der Waals surface area (Å²) in [6, 6.07) is 5.93. The molecule has 1 aliphatic heterocycles. The summed E-state index contributed by atoms with van der Waals surface area (Å²) in [6.07, 6.45) is 0.912. The molecule has 2 heterocycles. The van der Waals surface area contributed by atoms with E-state index in [2.05, 4.69) is 21.7 Å². The third-order valence-electron chi connectivity index (χ3n) is 3.30. The zero-order valence-electron chi connectivity index (χ0n) is 10.5. The van der Waals surface area contributed by atoms with Crippen LogP contribution in [0.4, 0.5) is 0 Å². The lowest BCUT2D eigenvalue weighted by Crippen LogP contribution is -2.29. The smallest absolute Gasteiger partial charge is 0.251 e. The lowest BCUT2D eigenvalue weighted by molar-refractivity contribution is 0.0949. The van der Waals surface area contributed by atoms with E-state index in [4.69, 9.17) is 0 Å². The normalized spacial score (nSPS) is 13.9. The number of hydrogen-bond donors (Lipinski definition) is 2. The molecule has 19 heavy (non-hydrogen) atoms. The molecule has 2 aromatic rings. The van der Waals surface area contributed by atoms with Crippen LogP contribution in [0, 0.1) is 0 Å². The van der Waals surface area contributed by atoms with Crippen molar-refractivity contribution in [3.63, 3.8) is 0 Å². The first-order chi connectivity index (χ1) is 9.34. The van der Waals surface area contributed by atoms with E-state index in [1.165, 1.54) is 22.5 Å². The predicted octanol–water partition coefficient (Wildman–Crippen LogP) is 1.72. The van der Waals surface area contributed by atoms with Gasteiger partial charge in [-0.15, -0.1) is 11.3 Å². The monoisotopic (exact) mass is 273 g/mol. The minimum absolute atomic E-state index is 0.00764. The fourth-order valence-electron chi connectivity index (χ4n) is 2.34. The number of rotatable bonds is 3. The van der Waals surface area contributed by atoms with Gasteiger partial charge in [0.1, 0.15) is 0 Å². The van der Waals surface area contributed by atoms with Gasteiger partial charge in [-0.2, -0.15) is 0 Å². The van der Waals surface area contributed by atoms with E-state index in [0.717, 1.165) is 30.8 Å². The summed E-state index contributed by atoms with van der Waals surface area (Å²) in [5.74, 6) is -0.00764. The van der Waals surface area contributed by atoms with Crippen LogP contribution in [0.1, 0.15) is 27.2 Å². The van der Waals surface area contributed by atoms with Gasteiger partial charge in [-0.25, -0.2) is 4.98 Å². The van der Waals surface area contributed by atoms with Crippen LogP contribution in [-0.4, -0.2) is 17.4 Å². The zero-order chi connectivity index (χ0) is 13.1. The first kappa shape index (κ1) is 12.3. The van der Waals surface area contributed by atoms with Crippen molar-refractivity contribution >= 4 is 17.2 Å². The van der Waals surface area contributed by atoms with Gasteiger partial charge in [0.05, 0.1) is 17.7 Å². The summed E-state index contributed by atoms with van der Waals surface area (Å²) in [6.45, 7) is 2.27. The van der Waals surface area contributed by atoms with E-state index in [0.29, 0.717) is 6.54 Å². The number of aromatic nitrogens is 1. The molecule has 5 heteroatoms. The van der Waals surface area contributed by atoms with Crippen LogP contribution in [0.15, 0.2) is 29.1 Å². The highest BCUT2D eigenvalue weighted by atomic mass is 32.1. The molecule has 0 fully saturated rings. The lowest BCUT2D eigenvalue weighted by atomic mass is 9.95. The molecule has 1 aromatic heterocycles. The van der Waals surface area contributed by atoms with Crippen molar-refractivity contribution in [2.24, 2.45) is 0 Å². The molecule has 4 nitrogen and oxygen atoms in total. The van der Waals surface area contributed by atoms with Crippen molar-refractivity contribution in [2.75, 3.05) is 6.54 Å². The molecular formula is C14H15N3OS. The van der Waals surface area contributed by atoms with Crippen molar-refractivity contribution < 1.29 is 4.79 Å². The second kappa shape index (κ2) is 5.50. The highest BCUT2D eigenvalue weighted by Crippen LogP contribution is 2.18. The van der Waals surface area contributed by atoms with Gasteiger partial charge in [0.15, 0.2) is 0 Å². The van der Waals surface area contributed by atoms with Gasteiger partial charge in [0.2, 0.25) is 0 Å². The van der Waals surface area contributed by atoms with Gasteiger partial charge >= 0.3 is 0 Å². The Kier molecular flexibility index (Phi) is 3.57. The van der Waals surface area contributed by atoms with Crippen molar-refractivity contribution in [2.45, 2.75) is 19.5 Å². The van der Waals surface area contributed by atoms with E-state index in [1.54, 1.807) is 5.51 Å². The van der Waals surface area contributed by atoms with Gasteiger partial charge in [-0.3, -0.25) is 4.79 Å². The molecule has 3 rings (SSSR count). The fourth-order valence-corrected chi connectivity index (χ4v) is 2.89. The molecule has 1 aliphatic rings. The summed E-state index contributed by atoms with van der Waals surface area (Å²) in [7, 11) is 0. The average Bonchev–Trinajstić information content (AvgIpc) is 2.97. The summed E-state index contributed by atoms with van der Waals surface area (Å²) < 4.78 is 0. The highest BCUT2D eigenvalue weighted by molar-refractivity contribution is 7.07. The predicted molar refractivity (Wildman–Crippen MR) is 75.1 cm³/mol. The van der Waals surface area contributed by atoms with E-state index in [1.807, 2.05) is 17.5 Å². The molecule has 98 valence electrons. The maximum Gasteiger partial charge on any atom is 0.251 e. The maximum atomic E-state index is 12.3. The Morgan fingerprint density at radius 2 is 2.42 bits per heavy atom. The second-order valence-electron chi connectivity index (χ2n) is 4.53. The molecule has 0 saturated heterocycles. The van der Waals surface area contributed by atoms with Crippen LogP contribution < -0.4 is 10.6 Å². The summed E-state index contributed by atoms with van der Waals surface area (Å²) in [5, 5.41) is 8.21. The van der Waals surface area contributed by atoms with Crippen molar-refractivity contribution in [1.29, 1.82) is 0 Å². The molecule has 2 N–H and O–H groups in total. The number of nitrogens with one attached hydrogen (secondary N) is 2. The van der Waals surface area contributed by atoms with Crippen LogP contribution in [0.2, 0.25) is 0 Å². The average molecular weight is 273 g/mol. The zero-order valence-corrected chi connectivity index (χ0v) is 11.3. The summed E-state index contributed by atoms with van der Waals surface area (Å²) >= 11 is 1.54. The van der Waals surface area contributed by atoms with Crippen LogP contribution in [-0.2, 0) is 19.5 Å². The van der Waals surface area contributed by atoms with E-state index >= 15 is 0 Å². The number of hydrogen-bond acceptors (Lipinski definition) is 4. The number of amides is 1. The standard InChI is InChI=1S/C14H15N3OS/c18-14(16-7-11-8-19-9-17-11)13-3-1-2-10-6-15-5-4-12(10)13/h1-3,8-9,15H,4-7H2,(H,16,18). The number of nitrogens with zero attached hydrogens (tertiary/aromatic N) is 1. The number of benzene rings is 1. The molecule has 0 aliphatic carbocycles. The minimum atomic E-state index is -0.00764. The van der Waals surface area contributed by atoms with Crippen molar-refractivity contribution in [3.05, 3.63) is 51.5 Å². The quantitative estimate of drug-likeness (QED) is 0.895. The van der Waals surface area contributed by atoms with Gasteiger partial charge < -0.3 is 10.6 Å². The number of thiazole rings is 1. The Morgan fingerprint density at radius 1 is 1.47 bits per heavy atom. The van der Waals surface area contributed by atoms with Gasteiger partial charge in [-0.05, 0) is 30.2 Å². The maximum absolute atomic E-state index is 12.3. The van der Waals surface area contributed by atoms with Crippen LogP contribution in [0.5, 0.6) is 0 Å². The van der Waals surface area contributed by atoms with Crippen molar-refractivity contribution in [3.8, 4) is 0 Å². The van der Waals surface area contributed by atoms with Crippen LogP contribution in [0.25, 0.3) is 0 Å². The largest absolute Gasteiger partial charge is 0.346 e. The Morgan fingerprint density at radius 3 is 3.26 bits per heavy atom. The minimum Gasteiger partial charge on any atom is -0.346 e. The Bertz CT molecular complexity index is 580. The van der Waals surface area contributed by atoms with Gasteiger partial charge in [0.25, 0.3) is 5.91 Å². The van der Waals surface area contributed by atoms with Gasteiger partial charge in [0, 0.05) is 17.5 Å². The number of carbonyl (C=O) groups is 1. The number of carbonyl (C=O) groups excluding carboxylic acids is 1. The molecule has 0 spiro atoms. The summed E-state index contributed by atoms with van der Waals surface area (Å²) in [5.41, 5.74) is 5.89. The van der Waals surface area contributed by atoms with E-state index in [9.17, 15) is 4.79 Å². The number of fused-ring (bicyclic) bond motifs is 1. The Hall–Kier alpha value is -1.72. The molecule has 0 radical (unpaired) electrons. The molecule has 1 aromatic carbocycles. The third-order valence-corrected chi connectivity index (χ3v) is 3.93. The summed E-state index contributed by atoms with van der Waals surface area (Å²) in [4.78, 5) is 16.4. The van der Waals surface area contributed by atoms with Crippen LogP contribution in [0.3, 0.4) is 0 Å². The molecule has 0 bridgehead atoms. The first-order valence-corrected chi connectivity index (χ1v) is 7.25.